The summed E-state index contributed by atoms with van der Waals surface area (Å²) in [7, 11) is 0. The Labute approximate surface area is 97.0 Å². The van der Waals surface area contributed by atoms with E-state index in [1.807, 2.05) is 0 Å². The lowest BCUT2D eigenvalue weighted by molar-refractivity contribution is -0.0955. The van der Waals surface area contributed by atoms with Gasteiger partial charge in [0.15, 0.2) is 0 Å². The Hall–Kier alpha value is -0.860. The van der Waals surface area contributed by atoms with E-state index in [4.69, 9.17) is 4.74 Å². The average Bonchev–Trinajstić information content (AvgIpc) is 2.29. The monoisotopic (exact) mass is 217 g/mol. The highest BCUT2D eigenvalue weighted by atomic mass is 16.5. The minimum atomic E-state index is 0.521. The van der Waals surface area contributed by atoms with Crippen molar-refractivity contribution >= 4 is 0 Å². The van der Waals surface area contributed by atoms with Crippen LogP contribution in [0.2, 0.25) is 0 Å². The molecule has 1 aromatic rings. The molecule has 3 unspecified atom stereocenters. The van der Waals surface area contributed by atoms with Crippen LogP contribution in [0.4, 0.5) is 0 Å². The van der Waals surface area contributed by atoms with E-state index in [1.54, 1.807) is 0 Å². The molecule has 2 fully saturated rings. The van der Waals surface area contributed by atoms with E-state index in [0.29, 0.717) is 12.0 Å². The number of nitrogens with one attached hydrogen (secondary N) is 1. The highest BCUT2D eigenvalue weighted by Crippen LogP contribution is 2.36. The second kappa shape index (κ2) is 4.56. The summed E-state index contributed by atoms with van der Waals surface area (Å²) in [6.45, 7) is 3.22. The van der Waals surface area contributed by atoms with E-state index in [1.165, 1.54) is 18.4 Å². The fourth-order valence-electron chi connectivity index (χ4n) is 2.98. The zero-order valence-electron chi connectivity index (χ0n) is 9.56. The lowest BCUT2D eigenvalue weighted by atomic mass is 9.76. The van der Waals surface area contributed by atoms with Crippen molar-refractivity contribution in [3.05, 3.63) is 35.9 Å². The molecule has 3 atom stereocenters. The van der Waals surface area contributed by atoms with Gasteiger partial charge in [-0.25, -0.2) is 0 Å². The molecule has 0 bridgehead atoms. The van der Waals surface area contributed by atoms with E-state index < -0.39 is 0 Å². The summed E-state index contributed by atoms with van der Waals surface area (Å²) in [5, 5.41) is 3.51. The molecule has 0 aliphatic carbocycles. The maximum Gasteiger partial charge on any atom is 0.0632 e. The molecule has 0 spiro atoms. The highest BCUT2D eigenvalue weighted by molar-refractivity contribution is 5.22. The van der Waals surface area contributed by atoms with E-state index in [2.05, 4.69) is 35.6 Å². The van der Waals surface area contributed by atoms with Crippen LogP contribution in [0.15, 0.2) is 30.3 Å². The van der Waals surface area contributed by atoms with Crippen LogP contribution >= 0.6 is 0 Å². The van der Waals surface area contributed by atoms with E-state index in [9.17, 15) is 0 Å². The maximum atomic E-state index is 5.69. The molecular weight excluding hydrogens is 198 g/mol. The van der Waals surface area contributed by atoms with Crippen molar-refractivity contribution in [3.63, 3.8) is 0 Å². The normalized spacial score (nSPS) is 34.4. The largest absolute Gasteiger partial charge is 0.378 e. The van der Waals surface area contributed by atoms with Gasteiger partial charge in [0.1, 0.15) is 0 Å². The molecule has 2 heteroatoms. The van der Waals surface area contributed by atoms with Crippen LogP contribution in [0.1, 0.15) is 24.3 Å². The molecule has 0 aromatic heterocycles. The Balaban J connectivity index is 1.80. The number of hydrogen-bond donors (Lipinski definition) is 1. The van der Waals surface area contributed by atoms with Crippen molar-refractivity contribution in [3.8, 4) is 0 Å². The van der Waals surface area contributed by atoms with Crippen LogP contribution in [0.3, 0.4) is 0 Å². The molecular formula is C14H19NO. The molecule has 0 radical (unpaired) electrons. The molecule has 0 amide bonds. The minimum absolute atomic E-state index is 0.521. The summed E-state index contributed by atoms with van der Waals surface area (Å²) in [6.07, 6.45) is 3.03. The van der Waals surface area contributed by atoms with Crippen LogP contribution in [-0.2, 0) is 4.74 Å². The molecule has 2 heterocycles. The van der Waals surface area contributed by atoms with Gasteiger partial charge in [-0.1, -0.05) is 30.3 Å². The van der Waals surface area contributed by atoms with Crippen molar-refractivity contribution < 1.29 is 4.74 Å². The third-order valence-corrected chi connectivity index (χ3v) is 3.98. The Morgan fingerprint density at radius 2 is 1.94 bits per heavy atom. The van der Waals surface area contributed by atoms with Crippen molar-refractivity contribution in [2.75, 3.05) is 19.7 Å². The second-order valence-corrected chi connectivity index (χ2v) is 4.87. The first-order chi connectivity index (χ1) is 7.95. The van der Waals surface area contributed by atoms with Crippen LogP contribution < -0.4 is 5.32 Å². The number of hydrogen-bond acceptors (Lipinski definition) is 2. The third kappa shape index (κ3) is 1.87. The van der Waals surface area contributed by atoms with Crippen molar-refractivity contribution in [1.82, 2.24) is 5.32 Å². The molecule has 0 saturated carbocycles. The first-order valence-electron chi connectivity index (χ1n) is 6.32. The number of piperidine rings is 1. The molecule has 1 aromatic carbocycles. The van der Waals surface area contributed by atoms with Gasteiger partial charge in [0.2, 0.25) is 0 Å². The third-order valence-electron chi connectivity index (χ3n) is 3.98. The molecule has 16 heavy (non-hydrogen) atoms. The van der Waals surface area contributed by atoms with Crippen LogP contribution in [-0.4, -0.2) is 25.8 Å². The first-order valence-corrected chi connectivity index (χ1v) is 6.32. The van der Waals surface area contributed by atoms with Crippen LogP contribution in [0.25, 0.3) is 0 Å². The van der Waals surface area contributed by atoms with Crippen molar-refractivity contribution in [1.29, 1.82) is 0 Å². The summed E-state index contributed by atoms with van der Waals surface area (Å²) in [6, 6.07) is 10.9. The second-order valence-electron chi connectivity index (χ2n) is 4.87. The molecule has 2 aliphatic rings. The van der Waals surface area contributed by atoms with Gasteiger partial charge in [-0.15, -0.1) is 0 Å². The number of benzene rings is 1. The Morgan fingerprint density at radius 3 is 2.62 bits per heavy atom. The number of rotatable bonds is 2. The van der Waals surface area contributed by atoms with Crippen molar-refractivity contribution in [2.45, 2.75) is 24.9 Å². The Bertz CT molecular complexity index is 334. The van der Waals surface area contributed by atoms with Gasteiger partial charge in [0.25, 0.3) is 0 Å². The van der Waals surface area contributed by atoms with Gasteiger partial charge in [-0.3, -0.25) is 0 Å². The molecule has 2 aliphatic heterocycles. The topological polar surface area (TPSA) is 21.3 Å². The summed E-state index contributed by atoms with van der Waals surface area (Å²) >= 11 is 0. The number of ether oxygens (including phenoxy) is 1. The molecule has 86 valence electrons. The summed E-state index contributed by atoms with van der Waals surface area (Å²) < 4.78 is 5.69. The zero-order valence-corrected chi connectivity index (χ0v) is 9.56. The predicted octanol–water partition coefficient (Wildman–Crippen LogP) is 2.17. The Kier molecular flexibility index (Phi) is 2.94. The van der Waals surface area contributed by atoms with E-state index in [-0.39, 0.29) is 0 Å². The smallest absolute Gasteiger partial charge is 0.0632 e. The van der Waals surface area contributed by atoms with E-state index in [0.717, 1.165) is 25.6 Å². The van der Waals surface area contributed by atoms with E-state index >= 15 is 0 Å². The summed E-state index contributed by atoms with van der Waals surface area (Å²) in [5.74, 6) is 1.36. The lowest BCUT2D eigenvalue weighted by Crippen LogP contribution is -2.45. The van der Waals surface area contributed by atoms with Crippen LogP contribution in [0, 0.1) is 5.92 Å². The van der Waals surface area contributed by atoms with Crippen LogP contribution in [0.5, 0.6) is 0 Å². The van der Waals surface area contributed by atoms with Gasteiger partial charge in [0, 0.05) is 19.1 Å². The molecule has 3 rings (SSSR count). The average molecular weight is 217 g/mol. The van der Waals surface area contributed by atoms with Gasteiger partial charge in [-0.05, 0) is 30.9 Å². The standard InChI is InChI=1S/C14H19NO/c1-2-4-11(5-3-1)13-10-15-8-6-12(13)14-7-9-16-14/h1-5,12-15H,6-10H2. The summed E-state index contributed by atoms with van der Waals surface area (Å²) in [5.41, 5.74) is 1.47. The van der Waals surface area contributed by atoms with Gasteiger partial charge < -0.3 is 10.1 Å². The van der Waals surface area contributed by atoms with Gasteiger partial charge in [-0.2, -0.15) is 0 Å². The quantitative estimate of drug-likeness (QED) is 0.819. The first kappa shape index (κ1) is 10.3. The van der Waals surface area contributed by atoms with Gasteiger partial charge >= 0.3 is 0 Å². The molecule has 1 N–H and O–H groups in total. The predicted molar refractivity (Wildman–Crippen MR) is 64.5 cm³/mol. The van der Waals surface area contributed by atoms with Gasteiger partial charge in [0.05, 0.1) is 6.10 Å². The zero-order chi connectivity index (χ0) is 10.8. The maximum absolute atomic E-state index is 5.69. The summed E-state index contributed by atoms with van der Waals surface area (Å²) in [4.78, 5) is 0. The molecule has 2 saturated heterocycles. The van der Waals surface area contributed by atoms with Crippen molar-refractivity contribution in [2.24, 2.45) is 5.92 Å². The lowest BCUT2D eigenvalue weighted by Gasteiger charge is -2.41. The SMILES string of the molecule is c1ccc(C2CNCCC2C2CCO2)cc1. The molecule has 2 nitrogen and oxygen atoms in total. The minimum Gasteiger partial charge on any atom is -0.378 e. The Morgan fingerprint density at radius 1 is 1.12 bits per heavy atom. The fourth-order valence-corrected chi connectivity index (χ4v) is 2.98. The highest BCUT2D eigenvalue weighted by Gasteiger charge is 2.36. The fraction of sp³-hybridized carbons (Fsp3) is 0.571.